The number of quaternary nitrogens is 1. The monoisotopic (exact) mass is 334 g/mol. The molecule has 2 atom stereocenters. The molecule has 1 aromatic heterocycles. The average molecular weight is 334 g/mol. The molecule has 1 saturated heterocycles. The highest BCUT2D eigenvalue weighted by Crippen LogP contribution is 2.21. The molecular weight excluding hydrogens is 310 g/mol. The van der Waals surface area contributed by atoms with Gasteiger partial charge in [-0.1, -0.05) is 6.92 Å². The predicted octanol–water partition coefficient (Wildman–Crippen LogP) is 2.69. The molecule has 23 heavy (non-hydrogen) atoms. The van der Waals surface area contributed by atoms with Crippen LogP contribution in [0.2, 0.25) is 0 Å². The van der Waals surface area contributed by atoms with Crippen molar-refractivity contribution >= 4 is 12.2 Å². The van der Waals surface area contributed by atoms with E-state index in [1.54, 1.807) is 12.0 Å². The number of aromatic nitrogens is 2. The number of nitrogens with zero attached hydrogens (tertiary/aromatic N) is 2. The van der Waals surface area contributed by atoms with Crippen LogP contribution in [0.5, 0.6) is 5.75 Å². The fourth-order valence-electron chi connectivity index (χ4n) is 3.30. The van der Waals surface area contributed by atoms with E-state index >= 15 is 0 Å². The van der Waals surface area contributed by atoms with Crippen LogP contribution in [0.25, 0.3) is 11.5 Å². The molecule has 1 fully saturated rings. The molecule has 0 aliphatic carbocycles. The molecule has 1 aromatic carbocycles. The van der Waals surface area contributed by atoms with Gasteiger partial charge in [0.15, 0.2) is 6.67 Å². The second-order valence-electron chi connectivity index (χ2n) is 6.07. The third-order valence-electron chi connectivity index (χ3n) is 4.67. The van der Waals surface area contributed by atoms with Crippen LogP contribution in [-0.4, -0.2) is 29.5 Å². The number of methoxy groups -OCH3 is 1. The van der Waals surface area contributed by atoms with E-state index in [1.165, 1.54) is 32.2 Å². The van der Waals surface area contributed by atoms with Crippen molar-refractivity contribution < 1.29 is 14.1 Å². The van der Waals surface area contributed by atoms with Gasteiger partial charge in [0.2, 0.25) is 5.89 Å². The molecule has 1 aliphatic rings. The number of nitrogens with one attached hydrogen (secondary N) is 1. The minimum Gasteiger partial charge on any atom is -0.497 e. The van der Waals surface area contributed by atoms with E-state index in [9.17, 15) is 0 Å². The highest BCUT2D eigenvalue weighted by atomic mass is 32.1. The Bertz CT molecular complexity index is 693. The molecule has 0 spiro atoms. The van der Waals surface area contributed by atoms with Crippen molar-refractivity contribution in [3.8, 4) is 17.2 Å². The molecule has 1 aliphatic heterocycles. The first-order valence-corrected chi connectivity index (χ1v) is 8.69. The summed E-state index contributed by atoms with van der Waals surface area (Å²) in [7, 11) is 1.65. The summed E-state index contributed by atoms with van der Waals surface area (Å²) in [4.78, 5) is 2.01. The largest absolute Gasteiger partial charge is 0.497 e. The van der Waals surface area contributed by atoms with Gasteiger partial charge < -0.3 is 14.1 Å². The molecule has 1 unspecified atom stereocenters. The SMILES string of the molecule is CC[C@@H]1CCCC[NH+]1Cn1nc(-c2ccc(OC)cc2)oc1=S. The van der Waals surface area contributed by atoms with E-state index in [0.29, 0.717) is 16.8 Å². The number of ether oxygens (including phenoxy) is 1. The van der Waals surface area contributed by atoms with E-state index in [2.05, 4.69) is 12.0 Å². The normalized spacial score (nSPS) is 21.3. The Morgan fingerprint density at radius 2 is 2.13 bits per heavy atom. The maximum Gasteiger partial charge on any atom is 0.292 e. The highest BCUT2D eigenvalue weighted by Gasteiger charge is 2.25. The van der Waals surface area contributed by atoms with Gasteiger partial charge in [-0.3, -0.25) is 0 Å². The average Bonchev–Trinajstić information content (AvgIpc) is 2.96. The van der Waals surface area contributed by atoms with E-state index in [0.717, 1.165) is 18.0 Å². The maximum absolute atomic E-state index is 5.70. The second-order valence-corrected chi connectivity index (χ2v) is 6.42. The Labute approximate surface area is 141 Å². The number of hydrogen-bond donors (Lipinski definition) is 1. The van der Waals surface area contributed by atoms with Gasteiger partial charge in [-0.15, -0.1) is 5.10 Å². The van der Waals surface area contributed by atoms with Crippen LogP contribution in [0, 0.1) is 4.84 Å². The Kier molecular flexibility index (Phi) is 5.13. The molecule has 124 valence electrons. The van der Waals surface area contributed by atoms with Crippen LogP contribution in [0.4, 0.5) is 0 Å². The Morgan fingerprint density at radius 3 is 2.83 bits per heavy atom. The topological polar surface area (TPSA) is 44.6 Å². The van der Waals surface area contributed by atoms with Crippen molar-refractivity contribution in [3.05, 3.63) is 29.1 Å². The predicted molar refractivity (Wildman–Crippen MR) is 91.1 cm³/mol. The molecule has 5 nitrogen and oxygen atoms in total. The maximum atomic E-state index is 5.70. The molecule has 0 radical (unpaired) electrons. The van der Waals surface area contributed by atoms with Crippen molar-refractivity contribution in [2.24, 2.45) is 0 Å². The fourth-order valence-corrected chi connectivity index (χ4v) is 3.49. The summed E-state index contributed by atoms with van der Waals surface area (Å²) in [6.45, 7) is 4.24. The number of likely N-dealkylation sites (tertiary alicyclic amines) is 1. The Hall–Kier alpha value is -1.66. The number of piperidine rings is 1. The van der Waals surface area contributed by atoms with Gasteiger partial charge in [-0.25, -0.2) is 0 Å². The van der Waals surface area contributed by atoms with Crippen LogP contribution < -0.4 is 9.64 Å². The van der Waals surface area contributed by atoms with Crippen molar-refractivity contribution in [1.82, 2.24) is 9.78 Å². The third kappa shape index (κ3) is 3.64. The van der Waals surface area contributed by atoms with E-state index in [1.807, 2.05) is 28.9 Å². The lowest BCUT2D eigenvalue weighted by atomic mass is 10.0. The minimum absolute atomic E-state index is 0.448. The van der Waals surface area contributed by atoms with Crippen molar-refractivity contribution in [2.75, 3.05) is 13.7 Å². The zero-order valence-corrected chi connectivity index (χ0v) is 14.6. The van der Waals surface area contributed by atoms with E-state index in [-0.39, 0.29) is 0 Å². The zero-order chi connectivity index (χ0) is 16.2. The lowest BCUT2D eigenvalue weighted by molar-refractivity contribution is -0.953. The summed E-state index contributed by atoms with van der Waals surface area (Å²) in [5.74, 6) is 1.39. The van der Waals surface area contributed by atoms with Gasteiger partial charge in [0.05, 0.1) is 19.7 Å². The molecule has 1 N–H and O–H groups in total. The molecule has 2 aromatic rings. The van der Waals surface area contributed by atoms with Crippen LogP contribution >= 0.6 is 12.2 Å². The molecular formula is C17H24N3O2S+. The van der Waals surface area contributed by atoms with Gasteiger partial charge in [-0.2, -0.15) is 4.68 Å². The van der Waals surface area contributed by atoms with Crippen molar-refractivity contribution in [1.29, 1.82) is 0 Å². The van der Waals surface area contributed by atoms with Gasteiger partial charge >= 0.3 is 0 Å². The van der Waals surface area contributed by atoms with Crippen LogP contribution in [0.15, 0.2) is 28.7 Å². The lowest BCUT2D eigenvalue weighted by Crippen LogP contribution is -3.15. The number of benzene rings is 1. The molecule has 0 bridgehead atoms. The van der Waals surface area contributed by atoms with Gasteiger partial charge in [-0.05, 0) is 62.2 Å². The Morgan fingerprint density at radius 1 is 1.35 bits per heavy atom. The highest BCUT2D eigenvalue weighted by molar-refractivity contribution is 7.71. The molecule has 0 amide bonds. The Balaban J connectivity index is 1.78. The van der Waals surface area contributed by atoms with E-state index < -0.39 is 0 Å². The quantitative estimate of drug-likeness (QED) is 0.854. The fraction of sp³-hybridized carbons (Fsp3) is 0.529. The van der Waals surface area contributed by atoms with Crippen LogP contribution in [-0.2, 0) is 6.67 Å². The standard InChI is InChI=1S/C17H23N3O2S/c1-3-14-6-4-5-11-19(14)12-20-17(23)22-16(18-20)13-7-9-15(21-2)10-8-13/h7-10,14H,3-6,11-12H2,1-2H3/p+1/t14-/m1/s1. The van der Waals surface area contributed by atoms with Gasteiger partial charge in [0.25, 0.3) is 4.84 Å². The molecule has 6 heteroatoms. The summed E-state index contributed by atoms with van der Waals surface area (Å²) < 4.78 is 12.7. The molecule has 2 heterocycles. The first kappa shape index (κ1) is 16.2. The summed E-state index contributed by atoms with van der Waals surface area (Å²) in [5, 5.41) is 4.58. The lowest BCUT2D eigenvalue weighted by Gasteiger charge is -2.31. The van der Waals surface area contributed by atoms with E-state index in [4.69, 9.17) is 21.4 Å². The van der Waals surface area contributed by atoms with Gasteiger partial charge in [0.1, 0.15) is 5.75 Å². The summed E-state index contributed by atoms with van der Waals surface area (Å²) >= 11 is 5.36. The third-order valence-corrected chi connectivity index (χ3v) is 4.96. The number of rotatable bonds is 5. The minimum atomic E-state index is 0.448. The zero-order valence-electron chi connectivity index (χ0n) is 13.7. The molecule has 3 rings (SSSR count). The van der Waals surface area contributed by atoms with Crippen LogP contribution in [0.3, 0.4) is 0 Å². The van der Waals surface area contributed by atoms with Gasteiger partial charge in [0, 0.05) is 5.56 Å². The first-order chi connectivity index (χ1) is 11.2. The molecule has 0 saturated carbocycles. The van der Waals surface area contributed by atoms with Crippen molar-refractivity contribution in [3.63, 3.8) is 0 Å². The summed E-state index contributed by atoms with van der Waals surface area (Å²) in [5.41, 5.74) is 0.913. The van der Waals surface area contributed by atoms with Crippen LogP contribution in [0.1, 0.15) is 32.6 Å². The summed E-state index contributed by atoms with van der Waals surface area (Å²) in [6.07, 6.45) is 5.11. The van der Waals surface area contributed by atoms with Crippen molar-refractivity contribution in [2.45, 2.75) is 45.3 Å². The number of hydrogen-bond acceptors (Lipinski definition) is 4. The smallest absolute Gasteiger partial charge is 0.292 e. The second kappa shape index (κ2) is 7.27. The first-order valence-electron chi connectivity index (χ1n) is 8.28. The summed E-state index contributed by atoms with van der Waals surface area (Å²) in [6, 6.07) is 8.37.